The van der Waals surface area contributed by atoms with E-state index in [4.69, 9.17) is 0 Å². The number of nitrogens with zero attached hydrogens (tertiary/aromatic N) is 2. The summed E-state index contributed by atoms with van der Waals surface area (Å²) in [6.07, 6.45) is 5.88. The molecule has 0 spiro atoms. The summed E-state index contributed by atoms with van der Waals surface area (Å²) >= 11 is 0. The molecular formula is C10H17N3. The molecule has 0 saturated carbocycles. The van der Waals surface area contributed by atoms with Crippen LogP contribution in [0, 0.1) is 0 Å². The van der Waals surface area contributed by atoms with E-state index in [1.54, 1.807) is 0 Å². The van der Waals surface area contributed by atoms with Crippen molar-refractivity contribution in [1.82, 2.24) is 14.9 Å². The topological polar surface area (TPSA) is 29.9 Å². The fraction of sp³-hybridized carbons (Fsp3) is 0.500. The van der Waals surface area contributed by atoms with E-state index >= 15 is 0 Å². The van der Waals surface area contributed by atoms with Crippen LogP contribution in [0.3, 0.4) is 0 Å². The van der Waals surface area contributed by atoms with Gasteiger partial charge in [-0.05, 0) is 13.8 Å². The van der Waals surface area contributed by atoms with E-state index in [-0.39, 0.29) is 0 Å². The molecule has 0 aromatic carbocycles. The Hall–Kier alpha value is -1.09. The van der Waals surface area contributed by atoms with Gasteiger partial charge in [0.2, 0.25) is 0 Å². The van der Waals surface area contributed by atoms with E-state index < -0.39 is 0 Å². The number of hydrogen-bond donors (Lipinski definition) is 1. The average molecular weight is 179 g/mol. The number of nitrogens with one attached hydrogen (secondary N) is 1. The van der Waals surface area contributed by atoms with Crippen LogP contribution in [0.1, 0.15) is 19.5 Å². The van der Waals surface area contributed by atoms with Crippen molar-refractivity contribution in [2.24, 2.45) is 7.05 Å². The summed E-state index contributed by atoms with van der Waals surface area (Å²) in [6, 6.07) is 0. The van der Waals surface area contributed by atoms with Gasteiger partial charge in [-0.2, -0.15) is 0 Å². The molecule has 0 amide bonds. The predicted molar refractivity (Wildman–Crippen MR) is 54.3 cm³/mol. The Kier molecular flexibility index (Phi) is 3.71. The lowest BCUT2D eigenvalue weighted by Crippen LogP contribution is -2.15. The molecule has 0 saturated heterocycles. The van der Waals surface area contributed by atoms with E-state index in [2.05, 4.69) is 30.2 Å². The van der Waals surface area contributed by atoms with E-state index in [0.29, 0.717) is 0 Å². The van der Waals surface area contributed by atoms with Crippen molar-refractivity contribution < 1.29 is 0 Å². The minimum Gasteiger partial charge on any atom is -0.337 e. The summed E-state index contributed by atoms with van der Waals surface area (Å²) in [5, 5.41) is 3.32. The number of imidazole rings is 1. The minimum atomic E-state index is 0.875. The normalized spacial score (nSPS) is 10.1. The standard InChI is InChI=1S/C10H17N3/c1-9(2)4-5-11-6-10-7-12-8-13(10)3/h4,7-8,11H,5-6H2,1-3H3. The molecule has 0 atom stereocenters. The molecule has 1 heterocycles. The maximum absolute atomic E-state index is 4.04. The highest BCUT2D eigenvalue weighted by molar-refractivity contribution is 4.98. The summed E-state index contributed by atoms with van der Waals surface area (Å²) in [5.41, 5.74) is 2.56. The molecular weight excluding hydrogens is 162 g/mol. The molecule has 3 heteroatoms. The third-order valence-electron chi connectivity index (χ3n) is 1.88. The van der Waals surface area contributed by atoms with Crippen molar-refractivity contribution in [2.45, 2.75) is 20.4 Å². The first-order valence-electron chi connectivity index (χ1n) is 4.49. The van der Waals surface area contributed by atoms with E-state index in [9.17, 15) is 0 Å². The van der Waals surface area contributed by atoms with Crippen molar-refractivity contribution in [3.8, 4) is 0 Å². The third-order valence-corrected chi connectivity index (χ3v) is 1.88. The van der Waals surface area contributed by atoms with Crippen LogP contribution in [0.25, 0.3) is 0 Å². The van der Waals surface area contributed by atoms with Crippen molar-refractivity contribution in [1.29, 1.82) is 0 Å². The molecule has 13 heavy (non-hydrogen) atoms. The minimum absolute atomic E-state index is 0.875. The lowest BCUT2D eigenvalue weighted by Gasteiger charge is -2.02. The van der Waals surface area contributed by atoms with Crippen LogP contribution in [0.2, 0.25) is 0 Å². The van der Waals surface area contributed by atoms with Gasteiger partial charge in [-0.3, -0.25) is 0 Å². The van der Waals surface area contributed by atoms with Gasteiger partial charge < -0.3 is 9.88 Å². The fourth-order valence-corrected chi connectivity index (χ4v) is 1.03. The molecule has 0 aliphatic carbocycles. The van der Waals surface area contributed by atoms with Gasteiger partial charge in [-0.15, -0.1) is 0 Å². The lowest BCUT2D eigenvalue weighted by molar-refractivity contribution is 0.699. The first kappa shape index (κ1) is 9.99. The van der Waals surface area contributed by atoms with Gasteiger partial charge in [0.05, 0.1) is 12.0 Å². The molecule has 3 nitrogen and oxygen atoms in total. The fourth-order valence-electron chi connectivity index (χ4n) is 1.03. The summed E-state index contributed by atoms with van der Waals surface area (Å²) in [5.74, 6) is 0. The van der Waals surface area contributed by atoms with Crippen LogP contribution >= 0.6 is 0 Å². The van der Waals surface area contributed by atoms with Gasteiger partial charge in [0.1, 0.15) is 0 Å². The largest absolute Gasteiger partial charge is 0.337 e. The van der Waals surface area contributed by atoms with Gasteiger partial charge in [-0.25, -0.2) is 4.98 Å². The Morgan fingerprint density at radius 3 is 2.92 bits per heavy atom. The zero-order valence-corrected chi connectivity index (χ0v) is 8.54. The second kappa shape index (κ2) is 4.82. The maximum Gasteiger partial charge on any atom is 0.0945 e. The molecule has 1 aromatic heterocycles. The number of aryl methyl sites for hydroxylation is 1. The van der Waals surface area contributed by atoms with E-state index in [0.717, 1.165) is 13.1 Å². The summed E-state index contributed by atoms with van der Waals surface area (Å²) in [6.45, 7) is 6.01. The first-order valence-corrected chi connectivity index (χ1v) is 4.49. The number of rotatable bonds is 4. The zero-order valence-electron chi connectivity index (χ0n) is 8.54. The Balaban J connectivity index is 2.28. The highest BCUT2D eigenvalue weighted by atomic mass is 15.0. The van der Waals surface area contributed by atoms with Crippen LogP contribution in [0.4, 0.5) is 0 Å². The van der Waals surface area contributed by atoms with Crippen molar-refractivity contribution in [3.05, 3.63) is 29.9 Å². The average Bonchev–Trinajstić information content (AvgIpc) is 2.45. The molecule has 1 N–H and O–H groups in total. The van der Waals surface area contributed by atoms with Gasteiger partial charge in [0, 0.05) is 26.3 Å². The lowest BCUT2D eigenvalue weighted by atomic mass is 10.3. The van der Waals surface area contributed by atoms with Gasteiger partial charge in [-0.1, -0.05) is 11.6 Å². The van der Waals surface area contributed by atoms with Crippen LogP contribution in [0.15, 0.2) is 24.2 Å². The van der Waals surface area contributed by atoms with Crippen molar-refractivity contribution >= 4 is 0 Å². The zero-order chi connectivity index (χ0) is 9.68. The smallest absolute Gasteiger partial charge is 0.0945 e. The second-order valence-corrected chi connectivity index (χ2v) is 3.41. The van der Waals surface area contributed by atoms with Crippen LogP contribution in [0.5, 0.6) is 0 Å². The Labute approximate surface area is 79.5 Å². The number of aromatic nitrogens is 2. The van der Waals surface area contributed by atoms with E-state index in [1.807, 2.05) is 24.1 Å². The van der Waals surface area contributed by atoms with Crippen molar-refractivity contribution in [2.75, 3.05) is 6.54 Å². The van der Waals surface area contributed by atoms with Gasteiger partial charge in [0.15, 0.2) is 0 Å². The third kappa shape index (κ3) is 3.42. The molecule has 1 aromatic rings. The number of allylic oxidation sites excluding steroid dienone is 1. The molecule has 0 bridgehead atoms. The summed E-state index contributed by atoms with van der Waals surface area (Å²) < 4.78 is 2.02. The highest BCUT2D eigenvalue weighted by Gasteiger charge is 1.95. The maximum atomic E-state index is 4.04. The number of hydrogen-bond acceptors (Lipinski definition) is 2. The molecule has 0 aliphatic heterocycles. The Morgan fingerprint density at radius 1 is 1.62 bits per heavy atom. The van der Waals surface area contributed by atoms with Crippen molar-refractivity contribution in [3.63, 3.8) is 0 Å². The quantitative estimate of drug-likeness (QED) is 0.560. The molecule has 0 fully saturated rings. The van der Waals surface area contributed by atoms with Crippen LogP contribution in [-0.4, -0.2) is 16.1 Å². The van der Waals surface area contributed by atoms with Gasteiger partial charge >= 0.3 is 0 Å². The summed E-state index contributed by atoms with van der Waals surface area (Å²) in [4.78, 5) is 4.04. The molecule has 0 radical (unpaired) electrons. The molecule has 0 aliphatic rings. The molecule has 0 unspecified atom stereocenters. The first-order chi connectivity index (χ1) is 6.20. The SMILES string of the molecule is CC(C)=CCNCc1cncn1C. The molecule has 72 valence electrons. The van der Waals surface area contributed by atoms with E-state index in [1.165, 1.54) is 11.3 Å². The Bertz CT molecular complexity index is 282. The van der Waals surface area contributed by atoms with Crippen LogP contribution in [-0.2, 0) is 13.6 Å². The Morgan fingerprint density at radius 2 is 2.38 bits per heavy atom. The molecule has 1 rings (SSSR count). The summed E-state index contributed by atoms with van der Waals surface area (Å²) in [7, 11) is 2.00. The highest BCUT2D eigenvalue weighted by Crippen LogP contribution is 1.94. The predicted octanol–water partition coefficient (Wildman–Crippen LogP) is 1.48. The monoisotopic (exact) mass is 179 g/mol. The van der Waals surface area contributed by atoms with Gasteiger partial charge in [0.25, 0.3) is 0 Å². The van der Waals surface area contributed by atoms with Crippen LogP contribution < -0.4 is 5.32 Å². The second-order valence-electron chi connectivity index (χ2n) is 3.41.